The van der Waals surface area contributed by atoms with Crippen molar-refractivity contribution in [2.75, 3.05) is 0 Å². The highest BCUT2D eigenvalue weighted by Gasteiger charge is 2.29. The van der Waals surface area contributed by atoms with Gasteiger partial charge in [0.05, 0.1) is 49.4 Å². The lowest BCUT2D eigenvalue weighted by atomic mass is 10.2. The second-order valence-electron chi connectivity index (χ2n) is 11.2. The van der Waals surface area contributed by atoms with Gasteiger partial charge in [-0.25, -0.2) is 0 Å². The summed E-state index contributed by atoms with van der Waals surface area (Å²) >= 11 is 9.55. The SMILES string of the molecule is Cc1ccc(-n2c3c(oc4cc(C)sc43)c3sc4c(sc5c6sc7cc(C)sc7c6n(-c6ccc(C)cc6)c45)c32)cc1. The molecule has 10 aromatic rings. The summed E-state index contributed by atoms with van der Waals surface area (Å²) in [6.07, 6.45) is 0. The third-order valence-corrected chi connectivity index (χ3v) is 14.3. The molecule has 0 atom stereocenters. The van der Waals surface area contributed by atoms with E-state index < -0.39 is 0 Å². The third kappa shape index (κ3) is 2.99. The Morgan fingerprint density at radius 2 is 0.976 bits per heavy atom. The van der Waals surface area contributed by atoms with Crippen LogP contribution >= 0.6 is 56.7 Å². The first-order chi connectivity index (χ1) is 20.4. The van der Waals surface area contributed by atoms with Gasteiger partial charge < -0.3 is 13.6 Å². The third-order valence-electron chi connectivity index (χ3n) is 8.29. The molecule has 0 amide bonds. The van der Waals surface area contributed by atoms with Crippen LogP contribution < -0.4 is 0 Å². The van der Waals surface area contributed by atoms with E-state index in [1.54, 1.807) is 0 Å². The van der Waals surface area contributed by atoms with Gasteiger partial charge in [0.25, 0.3) is 0 Å². The summed E-state index contributed by atoms with van der Waals surface area (Å²) in [4.78, 5) is 2.65. The monoisotopic (exact) mass is 634 g/mol. The van der Waals surface area contributed by atoms with Gasteiger partial charge in [-0.15, -0.1) is 56.7 Å². The summed E-state index contributed by atoms with van der Waals surface area (Å²) in [6, 6.07) is 22.5. The van der Waals surface area contributed by atoms with Gasteiger partial charge in [0, 0.05) is 25.8 Å². The summed E-state index contributed by atoms with van der Waals surface area (Å²) in [5.41, 5.74) is 12.1. The van der Waals surface area contributed by atoms with Crippen molar-refractivity contribution in [3.8, 4) is 11.4 Å². The smallest absolute Gasteiger partial charge is 0.172 e. The molecule has 0 bridgehead atoms. The summed E-state index contributed by atoms with van der Waals surface area (Å²) < 4.78 is 22.5. The van der Waals surface area contributed by atoms with E-state index in [9.17, 15) is 0 Å². The molecule has 0 spiro atoms. The lowest BCUT2D eigenvalue weighted by Gasteiger charge is -2.07. The Labute approximate surface area is 260 Å². The molecule has 8 heteroatoms. The highest BCUT2D eigenvalue weighted by Crippen LogP contribution is 2.55. The molecule has 2 aromatic carbocycles. The van der Waals surface area contributed by atoms with Crippen LogP contribution in [0, 0.1) is 27.7 Å². The number of aromatic nitrogens is 2. The normalized spacial score (nSPS) is 12.8. The average Bonchev–Trinajstić information content (AvgIpc) is 3.80. The molecule has 0 unspecified atom stereocenters. The van der Waals surface area contributed by atoms with Crippen molar-refractivity contribution >= 4 is 128 Å². The number of thiophene rings is 5. The van der Waals surface area contributed by atoms with Gasteiger partial charge in [0.2, 0.25) is 0 Å². The van der Waals surface area contributed by atoms with Crippen LogP contribution in [0.4, 0.5) is 0 Å². The highest BCUT2D eigenvalue weighted by atomic mass is 32.1. The maximum Gasteiger partial charge on any atom is 0.172 e. The van der Waals surface area contributed by atoms with Crippen molar-refractivity contribution < 1.29 is 4.42 Å². The molecular weight excluding hydrogens is 613 g/mol. The van der Waals surface area contributed by atoms with E-state index in [0.717, 1.165) is 11.2 Å². The van der Waals surface area contributed by atoms with Gasteiger partial charge >= 0.3 is 0 Å². The zero-order chi connectivity index (χ0) is 28.0. The molecule has 3 nitrogen and oxygen atoms in total. The van der Waals surface area contributed by atoms with Crippen LogP contribution in [0.25, 0.3) is 82.2 Å². The zero-order valence-electron chi connectivity index (χ0n) is 23.1. The van der Waals surface area contributed by atoms with Crippen LogP contribution in [0.15, 0.2) is 65.1 Å². The Kier molecular flexibility index (Phi) is 4.68. The Bertz CT molecular complexity index is 2520. The number of furan rings is 1. The Balaban J connectivity index is 1.42. The molecule has 0 fully saturated rings. The largest absolute Gasteiger partial charge is 0.452 e. The van der Waals surface area contributed by atoms with Crippen molar-refractivity contribution in [2.24, 2.45) is 0 Å². The molecule has 8 aromatic heterocycles. The first kappa shape index (κ1) is 24.1. The molecule has 204 valence electrons. The Hall–Kier alpha value is -3.40. The van der Waals surface area contributed by atoms with E-state index in [-0.39, 0.29) is 0 Å². The predicted octanol–water partition coefficient (Wildman–Crippen LogP) is 12.5. The molecule has 0 aliphatic carbocycles. The minimum absolute atomic E-state index is 0.992. The fourth-order valence-electron chi connectivity index (χ4n) is 6.45. The fraction of sp³-hybridized carbons (Fsp3) is 0.118. The van der Waals surface area contributed by atoms with E-state index in [4.69, 9.17) is 4.42 Å². The number of benzene rings is 2. The first-order valence-corrected chi connectivity index (χ1v) is 17.9. The fourth-order valence-corrected chi connectivity index (χ4v) is 12.9. The summed E-state index contributed by atoms with van der Waals surface area (Å²) in [6.45, 7) is 8.70. The van der Waals surface area contributed by atoms with Crippen molar-refractivity contribution in [2.45, 2.75) is 27.7 Å². The van der Waals surface area contributed by atoms with E-state index in [1.807, 2.05) is 56.7 Å². The molecule has 42 heavy (non-hydrogen) atoms. The van der Waals surface area contributed by atoms with E-state index in [1.165, 1.54) is 91.9 Å². The van der Waals surface area contributed by atoms with Crippen molar-refractivity contribution in [3.63, 3.8) is 0 Å². The van der Waals surface area contributed by atoms with Crippen LogP contribution in [0.1, 0.15) is 20.9 Å². The molecule has 0 saturated heterocycles. The number of hydrogen-bond donors (Lipinski definition) is 0. The number of aryl methyl sites for hydroxylation is 4. The van der Waals surface area contributed by atoms with Gasteiger partial charge in [-0.2, -0.15) is 0 Å². The Morgan fingerprint density at radius 3 is 1.64 bits per heavy atom. The van der Waals surface area contributed by atoms with Crippen LogP contribution in [-0.4, -0.2) is 9.13 Å². The molecular formula is C34H22N2OS5. The second-order valence-corrected chi connectivity index (χ2v) is 16.8. The topological polar surface area (TPSA) is 23.0 Å². The lowest BCUT2D eigenvalue weighted by molar-refractivity contribution is 0.674. The highest BCUT2D eigenvalue weighted by molar-refractivity contribution is 7.40. The number of nitrogens with zero attached hydrogens (tertiary/aromatic N) is 2. The van der Waals surface area contributed by atoms with E-state index in [2.05, 4.69) is 97.5 Å². The standard InChI is InChI=1S/C34H22N2OS5/c1-15-5-9-19(10-6-15)35-23-27(37-21-13-17(3)38-28(21)23)30-25(35)32-34(41-30)26-33(42-32)31-24(29-22(40-31)14-18(4)39-29)36(26)20-11-7-16(2)8-12-20/h5-14H,1-4H3. The molecule has 0 saturated carbocycles. The van der Waals surface area contributed by atoms with E-state index >= 15 is 0 Å². The maximum atomic E-state index is 6.66. The van der Waals surface area contributed by atoms with Crippen LogP contribution in [0.5, 0.6) is 0 Å². The van der Waals surface area contributed by atoms with Gasteiger partial charge in [0.15, 0.2) is 5.58 Å². The molecule has 10 rings (SSSR count). The molecule has 8 heterocycles. The summed E-state index contributed by atoms with van der Waals surface area (Å²) in [5.74, 6) is 0. The van der Waals surface area contributed by atoms with Gasteiger partial charge in [-0.1, -0.05) is 35.4 Å². The van der Waals surface area contributed by atoms with Crippen molar-refractivity contribution in [3.05, 3.63) is 81.5 Å². The quantitative estimate of drug-likeness (QED) is 0.186. The molecule has 0 aliphatic rings. The maximum absolute atomic E-state index is 6.66. The van der Waals surface area contributed by atoms with Crippen LogP contribution in [0.2, 0.25) is 0 Å². The van der Waals surface area contributed by atoms with Gasteiger partial charge in [-0.05, 0) is 64.1 Å². The van der Waals surface area contributed by atoms with E-state index in [0.29, 0.717) is 0 Å². The first-order valence-electron chi connectivity index (χ1n) is 13.8. The van der Waals surface area contributed by atoms with Crippen molar-refractivity contribution in [1.82, 2.24) is 9.13 Å². The number of fused-ring (bicyclic) bond motifs is 13. The van der Waals surface area contributed by atoms with Crippen LogP contribution in [0.3, 0.4) is 0 Å². The average molecular weight is 635 g/mol. The molecule has 0 radical (unpaired) electrons. The minimum atomic E-state index is 0.992. The zero-order valence-corrected chi connectivity index (χ0v) is 27.2. The summed E-state index contributed by atoms with van der Waals surface area (Å²) in [5, 5.41) is 0. The summed E-state index contributed by atoms with van der Waals surface area (Å²) in [7, 11) is 0. The lowest BCUT2D eigenvalue weighted by Crippen LogP contribution is -1.93. The Morgan fingerprint density at radius 1 is 0.476 bits per heavy atom. The van der Waals surface area contributed by atoms with Gasteiger partial charge in [-0.3, -0.25) is 0 Å². The van der Waals surface area contributed by atoms with Gasteiger partial charge in [0.1, 0.15) is 11.1 Å². The van der Waals surface area contributed by atoms with Crippen molar-refractivity contribution in [1.29, 1.82) is 0 Å². The number of rotatable bonds is 2. The molecule has 0 N–H and O–H groups in total. The minimum Gasteiger partial charge on any atom is -0.452 e. The number of hydrogen-bond acceptors (Lipinski definition) is 6. The second kappa shape index (κ2) is 8.15. The molecule has 0 aliphatic heterocycles. The predicted molar refractivity (Wildman–Crippen MR) is 188 cm³/mol. The van der Waals surface area contributed by atoms with Crippen LogP contribution in [-0.2, 0) is 0 Å².